The van der Waals surface area contributed by atoms with Gasteiger partial charge in [-0.15, -0.1) is 0 Å². The molecule has 1 aromatic carbocycles. The molecule has 0 unspecified atom stereocenters. The van der Waals surface area contributed by atoms with Crippen LogP contribution >= 0.6 is 0 Å². The molecule has 1 aromatic heterocycles. The minimum atomic E-state index is 0.0700. The molecule has 0 aliphatic carbocycles. The van der Waals surface area contributed by atoms with Crippen molar-refractivity contribution in [2.75, 3.05) is 7.11 Å². The highest BCUT2D eigenvalue weighted by molar-refractivity contribution is 5.16. The fourth-order valence-corrected chi connectivity index (χ4v) is 2.19. The summed E-state index contributed by atoms with van der Waals surface area (Å²) in [7, 11) is 1.64. The summed E-state index contributed by atoms with van der Waals surface area (Å²) in [6, 6.07) is 16.5. The monoisotopic (exact) mass is 284 g/mol. The SMILES string of the molecule is COc1cccc(CNC(C)(C)CCc2ccccc2)n1. The number of pyridine rings is 1. The molecule has 0 bridgehead atoms. The summed E-state index contributed by atoms with van der Waals surface area (Å²) in [6.07, 6.45) is 2.16. The molecule has 0 amide bonds. The Balaban J connectivity index is 1.85. The summed E-state index contributed by atoms with van der Waals surface area (Å²) in [5, 5.41) is 3.58. The first kappa shape index (κ1) is 15.5. The molecule has 3 nitrogen and oxygen atoms in total. The third kappa shape index (κ3) is 5.20. The molecule has 2 rings (SSSR count). The molecule has 0 aliphatic heterocycles. The highest BCUT2D eigenvalue weighted by Gasteiger charge is 2.17. The number of nitrogens with zero attached hydrogens (tertiary/aromatic N) is 1. The topological polar surface area (TPSA) is 34.1 Å². The molecule has 0 saturated heterocycles. The van der Waals surface area contributed by atoms with Crippen LogP contribution in [-0.2, 0) is 13.0 Å². The van der Waals surface area contributed by atoms with Gasteiger partial charge in [-0.25, -0.2) is 4.98 Å². The zero-order chi connectivity index (χ0) is 15.1. The molecule has 1 N–H and O–H groups in total. The maximum absolute atomic E-state index is 5.15. The standard InChI is InChI=1S/C18H24N2O/c1-18(2,13-12-15-8-5-4-6-9-15)19-14-16-10-7-11-17(20-16)21-3/h4-11,19H,12-14H2,1-3H3. The number of benzene rings is 1. The number of nitrogens with one attached hydrogen (secondary N) is 1. The molecule has 0 saturated carbocycles. The van der Waals surface area contributed by atoms with Crippen LogP contribution in [-0.4, -0.2) is 17.6 Å². The maximum atomic E-state index is 5.15. The van der Waals surface area contributed by atoms with Crippen molar-refractivity contribution in [3.05, 3.63) is 59.8 Å². The fourth-order valence-electron chi connectivity index (χ4n) is 2.19. The van der Waals surface area contributed by atoms with Gasteiger partial charge < -0.3 is 10.1 Å². The zero-order valence-corrected chi connectivity index (χ0v) is 13.1. The van der Waals surface area contributed by atoms with E-state index in [1.165, 1.54) is 5.56 Å². The van der Waals surface area contributed by atoms with Crippen molar-refractivity contribution in [3.8, 4) is 5.88 Å². The number of aromatic nitrogens is 1. The largest absolute Gasteiger partial charge is 0.481 e. The van der Waals surface area contributed by atoms with Gasteiger partial charge in [0.2, 0.25) is 5.88 Å². The Morgan fingerprint density at radius 3 is 2.52 bits per heavy atom. The van der Waals surface area contributed by atoms with Crippen molar-refractivity contribution in [3.63, 3.8) is 0 Å². The van der Waals surface area contributed by atoms with Crippen molar-refractivity contribution in [1.82, 2.24) is 10.3 Å². The summed E-state index contributed by atoms with van der Waals surface area (Å²) in [6.45, 7) is 5.21. The Hall–Kier alpha value is -1.87. The summed E-state index contributed by atoms with van der Waals surface area (Å²) in [5.41, 5.74) is 2.45. The molecule has 2 aromatic rings. The third-order valence-electron chi connectivity index (χ3n) is 3.62. The Labute approximate surface area is 127 Å². The first-order chi connectivity index (χ1) is 10.1. The fraction of sp³-hybridized carbons (Fsp3) is 0.389. The summed E-state index contributed by atoms with van der Waals surface area (Å²) in [5.74, 6) is 0.663. The van der Waals surface area contributed by atoms with Gasteiger partial charge in [-0.2, -0.15) is 0 Å². The minimum absolute atomic E-state index is 0.0700. The van der Waals surface area contributed by atoms with Crippen molar-refractivity contribution in [1.29, 1.82) is 0 Å². The summed E-state index contributed by atoms with van der Waals surface area (Å²) >= 11 is 0. The van der Waals surface area contributed by atoms with Gasteiger partial charge in [-0.1, -0.05) is 36.4 Å². The number of rotatable bonds is 7. The van der Waals surface area contributed by atoms with Crippen molar-refractivity contribution in [2.45, 2.75) is 38.8 Å². The van der Waals surface area contributed by atoms with Crippen molar-refractivity contribution >= 4 is 0 Å². The van der Waals surface area contributed by atoms with E-state index in [0.29, 0.717) is 5.88 Å². The second-order valence-electron chi connectivity index (χ2n) is 5.89. The summed E-state index contributed by atoms with van der Waals surface area (Å²) in [4.78, 5) is 4.43. The van der Waals surface area contributed by atoms with Crippen LogP contribution in [0.3, 0.4) is 0 Å². The van der Waals surface area contributed by atoms with Crippen LogP contribution in [0.4, 0.5) is 0 Å². The van der Waals surface area contributed by atoms with Crippen LogP contribution in [0, 0.1) is 0 Å². The van der Waals surface area contributed by atoms with Crippen molar-refractivity contribution < 1.29 is 4.74 Å². The quantitative estimate of drug-likeness (QED) is 0.843. The first-order valence-electron chi connectivity index (χ1n) is 7.38. The van der Waals surface area contributed by atoms with E-state index in [2.05, 4.69) is 54.5 Å². The van der Waals surface area contributed by atoms with E-state index < -0.39 is 0 Å². The molecular formula is C18H24N2O. The van der Waals surface area contributed by atoms with Gasteiger partial charge in [0.1, 0.15) is 0 Å². The van der Waals surface area contributed by atoms with Crippen molar-refractivity contribution in [2.24, 2.45) is 0 Å². The van der Waals surface area contributed by atoms with Gasteiger partial charge in [0.25, 0.3) is 0 Å². The predicted molar refractivity (Wildman–Crippen MR) is 86.5 cm³/mol. The average molecular weight is 284 g/mol. The Morgan fingerprint density at radius 2 is 1.81 bits per heavy atom. The van der Waals surface area contributed by atoms with Gasteiger partial charge in [0.05, 0.1) is 12.8 Å². The highest BCUT2D eigenvalue weighted by Crippen LogP contribution is 2.15. The molecule has 0 spiro atoms. The van der Waals surface area contributed by atoms with Crippen LogP contribution in [0.1, 0.15) is 31.5 Å². The van der Waals surface area contributed by atoms with E-state index in [9.17, 15) is 0 Å². The number of aryl methyl sites for hydroxylation is 1. The van der Waals surface area contributed by atoms with Crippen LogP contribution < -0.4 is 10.1 Å². The van der Waals surface area contributed by atoms with Gasteiger partial charge in [-0.3, -0.25) is 0 Å². The van der Waals surface area contributed by atoms with E-state index in [4.69, 9.17) is 4.74 Å². The van der Waals surface area contributed by atoms with E-state index in [0.717, 1.165) is 25.1 Å². The lowest BCUT2D eigenvalue weighted by Gasteiger charge is -2.26. The van der Waals surface area contributed by atoms with Crippen LogP contribution in [0.2, 0.25) is 0 Å². The van der Waals surface area contributed by atoms with Gasteiger partial charge in [0, 0.05) is 18.2 Å². The predicted octanol–water partition coefficient (Wildman–Crippen LogP) is 3.59. The first-order valence-corrected chi connectivity index (χ1v) is 7.38. The second kappa shape index (κ2) is 7.23. The van der Waals surface area contributed by atoms with Crippen LogP contribution in [0.25, 0.3) is 0 Å². The normalized spacial score (nSPS) is 11.4. The summed E-state index contributed by atoms with van der Waals surface area (Å²) < 4.78 is 5.15. The van der Waals surface area contributed by atoms with E-state index in [1.54, 1.807) is 7.11 Å². The zero-order valence-electron chi connectivity index (χ0n) is 13.1. The molecule has 112 valence electrons. The number of hydrogen-bond acceptors (Lipinski definition) is 3. The molecule has 0 aliphatic rings. The third-order valence-corrected chi connectivity index (χ3v) is 3.62. The lowest BCUT2D eigenvalue weighted by molar-refractivity contribution is 0.355. The molecule has 0 radical (unpaired) electrons. The molecule has 21 heavy (non-hydrogen) atoms. The van der Waals surface area contributed by atoms with Gasteiger partial charge >= 0.3 is 0 Å². The second-order valence-corrected chi connectivity index (χ2v) is 5.89. The average Bonchev–Trinajstić information content (AvgIpc) is 2.52. The number of methoxy groups -OCH3 is 1. The Kier molecular flexibility index (Phi) is 5.34. The van der Waals surface area contributed by atoms with E-state index >= 15 is 0 Å². The lowest BCUT2D eigenvalue weighted by atomic mass is 9.95. The lowest BCUT2D eigenvalue weighted by Crippen LogP contribution is -2.39. The van der Waals surface area contributed by atoms with Crippen LogP contribution in [0.5, 0.6) is 5.88 Å². The molecule has 3 heteroatoms. The maximum Gasteiger partial charge on any atom is 0.213 e. The molecular weight excluding hydrogens is 260 g/mol. The molecule has 0 atom stereocenters. The van der Waals surface area contributed by atoms with Gasteiger partial charge in [-0.05, 0) is 38.3 Å². The smallest absolute Gasteiger partial charge is 0.213 e. The minimum Gasteiger partial charge on any atom is -0.481 e. The number of ether oxygens (including phenoxy) is 1. The molecule has 0 fully saturated rings. The Morgan fingerprint density at radius 1 is 1.05 bits per heavy atom. The Bertz CT molecular complexity index is 552. The van der Waals surface area contributed by atoms with E-state index in [-0.39, 0.29) is 5.54 Å². The highest BCUT2D eigenvalue weighted by atomic mass is 16.5. The van der Waals surface area contributed by atoms with Crippen LogP contribution in [0.15, 0.2) is 48.5 Å². The molecule has 1 heterocycles. The van der Waals surface area contributed by atoms with E-state index in [1.807, 2.05) is 18.2 Å². The number of hydrogen-bond donors (Lipinski definition) is 1. The van der Waals surface area contributed by atoms with Gasteiger partial charge in [0.15, 0.2) is 0 Å².